The van der Waals surface area contributed by atoms with Gasteiger partial charge < -0.3 is 4.52 Å². The third kappa shape index (κ3) is 3.81. The van der Waals surface area contributed by atoms with Crippen molar-refractivity contribution in [2.75, 3.05) is 0 Å². The van der Waals surface area contributed by atoms with Gasteiger partial charge in [-0.2, -0.15) is 18.2 Å². The zero-order valence-electron chi connectivity index (χ0n) is 12.3. The van der Waals surface area contributed by atoms with Crippen LogP contribution < -0.4 is 0 Å². The summed E-state index contributed by atoms with van der Waals surface area (Å²) in [7, 11) is 0. The van der Waals surface area contributed by atoms with Crippen molar-refractivity contribution >= 4 is 11.8 Å². The molecule has 9 heteroatoms. The van der Waals surface area contributed by atoms with E-state index in [1.165, 1.54) is 17.8 Å². The van der Waals surface area contributed by atoms with Crippen LogP contribution in [0.5, 0.6) is 0 Å². The Labute approximate surface area is 142 Å². The minimum atomic E-state index is -4.85. The van der Waals surface area contributed by atoms with Crippen molar-refractivity contribution < 1.29 is 26.5 Å². The molecule has 0 saturated carbocycles. The summed E-state index contributed by atoms with van der Waals surface area (Å²) in [6.45, 7) is 0. The van der Waals surface area contributed by atoms with E-state index >= 15 is 0 Å². The van der Waals surface area contributed by atoms with Gasteiger partial charge >= 0.3 is 12.1 Å². The van der Waals surface area contributed by atoms with E-state index in [9.17, 15) is 22.0 Å². The Bertz CT molecular complexity index is 880. The molecule has 130 valence electrons. The maximum absolute atomic E-state index is 14.2. The Hall–Kier alpha value is -2.42. The van der Waals surface area contributed by atoms with Gasteiger partial charge in [0.05, 0.1) is 5.56 Å². The highest BCUT2D eigenvalue weighted by molar-refractivity contribution is 7.98. The fraction of sp³-hybridized carbons (Fsp3) is 0.125. The first kappa shape index (κ1) is 17.4. The highest BCUT2D eigenvalue weighted by Crippen LogP contribution is 2.32. The van der Waals surface area contributed by atoms with Crippen LogP contribution in [0.1, 0.15) is 11.5 Å². The number of rotatable bonds is 4. The third-order valence-electron chi connectivity index (χ3n) is 3.21. The molecule has 3 nitrogen and oxygen atoms in total. The van der Waals surface area contributed by atoms with Gasteiger partial charge in [-0.15, -0.1) is 11.8 Å². The molecule has 0 unspecified atom stereocenters. The quantitative estimate of drug-likeness (QED) is 0.459. The monoisotopic (exact) mass is 372 g/mol. The van der Waals surface area contributed by atoms with Crippen LogP contribution in [0, 0.1) is 11.6 Å². The van der Waals surface area contributed by atoms with Gasteiger partial charge in [0.25, 0.3) is 0 Å². The van der Waals surface area contributed by atoms with Crippen molar-refractivity contribution in [2.24, 2.45) is 0 Å². The highest BCUT2D eigenvalue weighted by Gasteiger charge is 2.38. The van der Waals surface area contributed by atoms with Crippen LogP contribution in [-0.4, -0.2) is 10.1 Å². The zero-order chi connectivity index (χ0) is 18.0. The van der Waals surface area contributed by atoms with Gasteiger partial charge in [0, 0.05) is 16.2 Å². The van der Waals surface area contributed by atoms with E-state index in [1.54, 1.807) is 0 Å². The third-order valence-corrected chi connectivity index (χ3v) is 4.27. The molecule has 1 aromatic heterocycles. The van der Waals surface area contributed by atoms with Crippen molar-refractivity contribution in [1.82, 2.24) is 10.1 Å². The van der Waals surface area contributed by atoms with Crippen molar-refractivity contribution in [3.8, 4) is 11.4 Å². The van der Waals surface area contributed by atoms with E-state index in [2.05, 4.69) is 14.7 Å². The van der Waals surface area contributed by atoms with E-state index < -0.39 is 35.1 Å². The SMILES string of the molecule is Fc1c(CSc2ccccc2)ccc(-c2noc(C(F)(F)F)n2)c1F. The van der Waals surface area contributed by atoms with Crippen molar-refractivity contribution in [1.29, 1.82) is 0 Å². The Morgan fingerprint density at radius 3 is 2.32 bits per heavy atom. The minimum Gasteiger partial charge on any atom is -0.329 e. The van der Waals surface area contributed by atoms with E-state index in [0.717, 1.165) is 11.0 Å². The molecule has 0 aliphatic carbocycles. The zero-order valence-corrected chi connectivity index (χ0v) is 13.2. The molecule has 0 atom stereocenters. The summed E-state index contributed by atoms with van der Waals surface area (Å²) < 4.78 is 69.8. The molecule has 0 N–H and O–H groups in total. The van der Waals surface area contributed by atoms with Crippen molar-refractivity contribution in [2.45, 2.75) is 16.8 Å². The number of aromatic nitrogens is 2. The summed E-state index contributed by atoms with van der Waals surface area (Å²) in [5, 5.41) is 3.06. The van der Waals surface area contributed by atoms with Gasteiger partial charge in [0.1, 0.15) is 0 Å². The maximum Gasteiger partial charge on any atom is 0.471 e. The molecule has 0 spiro atoms. The van der Waals surface area contributed by atoms with Crippen LogP contribution in [0.4, 0.5) is 22.0 Å². The first-order valence-electron chi connectivity index (χ1n) is 6.92. The fourth-order valence-electron chi connectivity index (χ4n) is 2.00. The Morgan fingerprint density at radius 2 is 1.68 bits per heavy atom. The topological polar surface area (TPSA) is 38.9 Å². The average Bonchev–Trinajstić information content (AvgIpc) is 3.07. The summed E-state index contributed by atoms with van der Waals surface area (Å²) in [5.41, 5.74) is -0.417. The number of nitrogens with zero attached hydrogens (tertiary/aromatic N) is 2. The lowest BCUT2D eigenvalue weighted by Crippen LogP contribution is -2.05. The van der Waals surface area contributed by atoms with Crippen LogP contribution >= 0.6 is 11.8 Å². The van der Waals surface area contributed by atoms with E-state index in [-0.39, 0.29) is 11.3 Å². The number of hydrogen-bond donors (Lipinski definition) is 0. The summed E-state index contributed by atoms with van der Waals surface area (Å²) in [4.78, 5) is 3.94. The van der Waals surface area contributed by atoms with Crippen LogP contribution in [0.3, 0.4) is 0 Å². The predicted molar refractivity (Wildman–Crippen MR) is 80.7 cm³/mol. The van der Waals surface area contributed by atoms with Crippen LogP contribution in [0.2, 0.25) is 0 Å². The second-order valence-corrected chi connectivity index (χ2v) is 5.97. The van der Waals surface area contributed by atoms with Gasteiger partial charge in [0.2, 0.25) is 5.82 Å². The number of halogens is 5. The van der Waals surface area contributed by atoms with Gasteiger partial charge in [-0.1, -0.05) is 29.4 Å². The van der Waals surface area contributed by atoms with Gasteiger partial charge in [-0.3, -0.25) is 0 Å². The number of alkyl halides is 3. The second-order valence-electron chi connectivity index (χ2n) is 4.92. The summed E-state index contributed by atoms with van der Waals surface area (Å²) in [5.74, 6) is -4.59. The summed E-state index contributed by atoms with van der Waals surface area (Å²) >= 11 is 1.30. The maximum atomic E-state index is 14.2. The van der Waals surface area contributed by atoms with E-state index in [4.69, 9.17) is 0 Å². The van der Waals surface area contributed by atoms with E-state index in [1.807, 2.05) is 30.3 Å². The number of hydrogen-bond acceptors (Lipinski definition) is 4. The smallest absolute Gasteiger partial charge is 0.329 e. The number of benzene rings is 2. The lowest BCUT2D eigenvalue weighted by atomic mass is 10.1. The van der Waals surface area contributed by atoms with Gasteiger partial charge in [0.15, 0.2) is 11.6 Å². The molecule has 0 bridgehead atoms. The Kier molecular flexibility index (Phi) is 4.76. The van der Waals surface area contributed by atoms with Crippen molar-refractivity contribution in [3.05, 3.63) is 65.6 Å². The average molecular weight is 372 g/mol. The molecule has 0 fully saturated rings. The van der Waals surface area contributed by atoms with Gasteiger partial charge in [-0.25, -0.2) is 8.78 Å². The van der Waals surface area contributed by atoms with Crippen LogP contribution in [-0.2, 0) is 11.9 Å². The van der Waals surface area contributed by atoms with E-state index in [0.29, 0.717) is 0 Å². The van der Waals surface area contributed by atoms with Gasteiger partial charge in [-0.05, 0) is 18.2 Å². The largest absolute Gasteiger partial charge is 0.471 e. The lowest BCUT2D eigenvalue weighted by Gasteiger charge is -2.06. The number of thioether (sulfide) groups is 1. The molecular weight excluding hydrogens is 363 g/mol. The Morgan fingerprint density at radius 1 is 0.960 bits per heavy atom. The van der Waals surface area contributed by atoms with Crippen LogP contribution in [0.25, 0.3) is 11.4 Å². The molecule has 0 aliphatic rings. The molecule has 25 heavy (non-hydrogen) atoms. The summed E-state index contributed by atoms with van der Waals surface area (Å²) in [6.07, 6.45) is -4.85. The fourth-order valence-corrected chi connectivity index (χ4v) is 2.89. The predicted octanol–water partition coefficient (Wildman–Crippen LogP) is 5.33. The molecule has 0 saturated heterocycles. The normalized spacial score (nSPS) is 11.7. The molecule has 2 aromatic carbocycles. The Balaban J connectivity index is 1.84. The molecular formula is C16H9F5N2OS. The molecule has 0 amide bonds. The first-order chi connectivity index (χ1) is 11.9. The molecule has 0 radical (unpaired) electrons. The summed E-state index contributed by atoms with van der Waals surface area (Å²) in [6, 6.07) is 11.5. The first-order valence-corrected chi connectivity index (χ1v) is 7.91. The molecule has 3 rings (SSSR count). The second kappa shape index (κ2) is 6.83. The molecule has 1 heterocycles. The van der Waals surface area contributed by atoms with Crippen molar-refractivity contribution in [3.63, 3.8) is 0 Å². The molecule has 3 aromatic rings. The highest BCUT2D eigenvalue weighted by atomic mass is 32.2. The molecule has 0 aliphatic heterocycles. The van der Waals surface area contributed by atoms with Crippen LogP contribution in [0.15, 0.2) is 51.9 Å². The lowest BCUT2D eigenvalue weighted by molar-refractivity contribution is -0.159. The minimum absolute atomic E-state index is 0.0784. The standard InChI is InChI=1S/C16H9F5N2OS/c17-12-9(8-25-10-4-2-1-3-5-10)6-7-11(13(12)18)14-22-15(24-23-14)16(19,20)21/h1-7H,8H2.